The first kappa shape index (κ1) is 32.3. The van der Waals surface area contributed by atoms with E-state index in [9.17, 15) is 24.3 Å². The van der Waals surface area contributed by atoms with Gasteiger partial charge in [-0.1, -0.05) is 44.2 Å². The number of nitrogens with one attached hydrogen (secondary N) is 5. The second-order valence-electron chi connectivity index (χ2n) is 9.13. The smallest absolute Gasteiger partial charge is 0.245 e. The van der Waals surface area contributed by atoms with Crippen molar-refractivity contribution < 1.29 is 24.3 Å². The molecule has 0 aliphatic heterocycles. The molecule has 4 atom stereocenters. The van der Waals surface area contributed by atoms with Crippen molar-refractivity contribution in [3.05, 3.63) is 35.9 Å². The van der Waals surface area contributed by atoms with Crippen LogP contribution in [-0.4, -0.2) is 86.1 Å². The quantitative estimate of drug-likeness (QED) is 0.0655. The molecule has 13 heteroatoms. The van der Waals surface area contributed by atoms with E-state index in [1.807, 2.05) is 30.3 Å². The Hall–Kier alpha value is -3.71. The van der Waals surface area contributed by atoms with Gasteiger partial charge < -0.3 is 43.2 Å². The maximum atomic E-state index is 13.0. The highest BCUT2D eigenvalue weighted by atomic mass is 16.3. The van der Waals surface area contributed by atoms with Crippen LogP contribution < -0.4 is 38.1 Å². The Morgan fingerprint density at radius 3 is 2.00 bits per heavy atom. The number of aliphatic hydroxyl groups excluding tert-OH is 1. The zero-order valence-corrected chi connectivity index (χ0v) is 22.5. The predicted octanol–water partition coefficient (Wildman–Crippen LogP) is -2.28. The highest BCUT2D eigenvalue weighted by Crippen LogP contribution is 2.07. The average Bonchev–Trinajstić information content (AvgIpc) is 2.89. The molecular weight excluding hydrogens is 492 g/mol. The summed E-state index contributed by atoms with van der Waals surface area (Å²) in [7, 11) is 3.08. The summed E-state index contributed by atoms with van der Waals surface area (Å²) >= 11 is 0. The molecular formula is C25H42N8O5. The van der Waals surface area contributed by atoms with Crippen LogP contribution >= 0.6 is 0 Å². The van der Waals surface area contributed by atoms with Crippen molar-refractivity contribution in [3.8, 4) is 0 Å². The van der Waals surface area contributed by atoms with Gasteiger partial charge in [-0.3, -0.25) is 24.2 Å². The molecule has 13 nitrogen and oxygen atoms in total. The van der Waals surface area contributed by atoms with Gasteiger partial charge in [0.25, 0.3) is 0 Å². The van der Waals surface area contributed by atoms with Crippen LogP contribution in [0.25, 0.3) is 0 Å². The Morgan fingerprint density at radius 2 is 1.47 bits per heavy atom. The highest BCUT2D eigenvalue weighted by molar-refractivity contribution is 5.95. The minimum atomic E-state index is -1.33. The van der Waals surface area contributed by atoms with Crippen molar-refractivity contribution in [1.29, 1.82) is 0 Å². The van der Waals surface area contributed by atoms with Crippen LogP contribution in [0.15, 0.2) is 35.3 Å². The number of aliphatic imine (C=N–C) groups is 1. The topological polar surface area (TPSA) is 213 Å². The van der Waals surface area contributed by atoms with Crippen LogP contribution in [0.5, 0.6) is 0 Å². The van der Waals surface area contributed by atoms with Gasteiger partial charge in [-0.15, -0.1) is 0 Å². The molecule has 0 radical (unpaired) electrons. The third-order valence-corrected chi connectivity index (χ3v) is 5.83. The standard InChI is InChI=1S/C25H42N8O5/c1-15(2)20(33-22(36)17(28-3)11-8-12-30-25(26)27)24(38)32-19(14-34)23(37)31-18(21(35)29-4)13-16-9-6-5-7-10-16/h5-7,9-10,15,17-20,28,34H,8,11-14H2,1-4H3,(H,29,35)(H,31,37)(H,32,38)(H,33,36)(H4,26,27,30)/t17-,18-,19-,20?/m0/s1. The fourth-order valence-corrected chi connectivity index (χ4v) is 3.66. The fourth-order valence-electron chi connectivity index (χ4n) is 3.66. The van der Waals surface area contributed by atoms with E-state index < -0.39 is 54.4 Å². The first-order chi connectivity index (χ1) is 18.0. The first-order valence-corrected chi connectivity index (χ1v) is 12.5. The molecule has 0 saturated heterocycles. The summed E-state index contributed by atoms with van der Waals surface area (Å²) < 4.78 is 0. The van der Waals surface area contributed by atoms with Crippen LogP contribution in [0, 0.1) is 5.92 Å². The number of rotatable bonds is 16. The number of carbonyl (C=O) groups excluding carboxylic acids is 4. The number of guanidine groups is 1. The van der Waals surface area contributed by atoms with Gasteiger partial charge in [0.05, 0.1) is 12.6 Å². The lowest BCUT2D eigenvalue weighted by Crippen LogP contribution is -2.60. The third-order valence-electron chi connectivity index (χ3n) is 5.83. The van der Waals surface area contributed by atoms with Crippen LogP contribution in [0.2, 0.25) is 0 Å². The maximum absolute atomic E-state index is 13.0. The Bertz CT molecular complexity index is 937. The molecule has 0 saturated carbocycles. The van der Waals surface area contributed by atoms with Gasteiger partial charge >= 0.3 is 0 Å². The van der Waals surface area contributed by atoms with Crippen molar-refractivity contribution in [2.45, 2.75) is 57.3 Å². The summed E-state index contributed by atoms with van der Waals surface area (Å²) in [6.07, 6.45) is 1.19. The van der Waals surface area contributed by atoms with Crippen molar-refractivity contribution in [3.63, 3.8) is 0 Å². The van der Waals surface area contributed by atoms with Gasteiger partial charge in [0.1, 0.15) is 18.1 Å². The number of carbonyl (C=O) groups is 4. The molecule has 1 rings (SSSR count). The van der Waals surface area contributed by atoms with Gasteiger partial charge in [-0.05, 0) is 31.4 Å². The predicted molar refractivity (Wildman–Crippen MR) is 145 cm³/mol. The summed E-state index contributed by atoms with van der Waals surface area (Å²) in [5.41, 5.74) is 11.4. The lowest BCUT2D eigenvalue weighted by molar-refractivity contribution is -0.135. The lowest BCUT2D eigenvalue weighted by Gasteiger charge is -2.27. The van der Waals surface area contributed by atoms with Gasteiger partial charge in [-0.25, -0.2) is 0 Å². The van der Waals surface area contributed by atoms with E-state index in [0.717, 1.165) is 5.56 Å². The molecule has 0 aliphatic rings. The van der Waals surface area contributed by atoms with E-state index >= 15 is 0 Å². The van der Waals surface area contributed by atoms with E-state index in [-0.39, 0.29) is 18.3 Å². The molecule has 212 valence electrons. The van der Waals surface area contributed by atoms with E-state index in [0.29, 0.717) is 19.4 Å². The van der Waals surface area contributed by atoms with Crippen LogP contribution in [-0.2, 0) is 25.6 Å². The van der Waals surface area contributed by atoms with E-state index in [1.165, 1.54) is 7.05 Å². The molecule has 0 bridgehead atoms. The maximum Gasteiger partial charge on any atom is 0.245 e. The van der Waals surface area contributed by atoms with Gasteiger partial charge in [-0.2, -0.15) is 0 Å². The number of nitrogens with two attached hydrogens (primary N) is 2. The molecule has 0 aliphatic carbocycles. The average molecular weight is 535 g/mol. The minimum absolute atomic E-state index is 0.0313. The number of benzene rings is 1. The molecule has 1 unspecified atom stereocenters. The van der Waals surface area contributed by atoms with E-state index in [2.05, 4.69) is 31.6 Å². The summed E-state index contributed by atoms with van der Waals surface area (Å²) in [4.78, 5) is 55.0. The first-order valence-electron chi connectivity index (χ1n) is 12.5. The highest BCUT2D eigenvalue weighted by Gasteiger charge is 2.31. The van der Waals surface area contributed by atoms with Crippen molar-refractivity contribution >= 4 is 29.6 Å². The van der Waals surface area contributed by atoms with Gasteiger partial charge in [0.15, 0.2) is 5.96 Å². The molecule has 0 aromatic heterocycles. The molecule has 1 aromatic rings. The SMILES string of the molecule is CNC(=O)[C@H](Cc1ccccc1)NC(=O)[C@H](CO)NC(=O)C(NC(=O)[C@H](CCCN=C(N)N)NC)C(C)C. The van der Waals surface area contributed by atoms with Crippen molar-refractivity contribution in [1.82, 2.24) is 26.6 Å². The molecule has 0 heterocycles. The van der Waals surface area contributed by atoms with E-state index in [4.69, 9.17) is 11.5 Å². The zero-order valence-electron chi connectivity index (χ0n) is 22.5. The Balaban J connectivity index is 2.85. The molecule has 0 spiro atoms. The Kier molecular flexibility index (Phi) is 14.4. The fraction of sp³-hybridized carbons (Fsp3) is 0.560. The molecule has 0 fully saturated rings. The largest absolute Gasteiger partial charge is 0.394 e. The zero-order chi connectivity index (χ0) is 28.7. The molecule has 1 aromatic carbocycles. The summed E-state index contributed by atoms with van der Waals surface area (Å²) in [5, 5.41) is 23.0. The summed E-state index contributed by atoms with van der Waals surface area (Å²) in [5.74, 6) is -2.55. The lowest BCUT2D eigenvalue weighted by atomic mass is 10.0. The summed E-state index contributed by atoms with van der Waals surface area (Å²) in [6, 6.07) is 5.29. The number of amides is 4. The Morgan fingerprint density at radius 1 is 0.868 bits per heavy atom. The number of aliphatic hydroxyl groups is 1. The van der Waals surface area contributed by atoms with Crippen molar-refractivity contribution in [2.75, 3.05) is 27.2 Å². The second-order valence-corrected chi connectivity index (χ2v) is 9.13. The molecule has 38 heavy (non-hydrogen) atoms. The number of nitrogens with zero attached hydrogens (tertiary/aromatic N) is 1. The summed E-state index contributed by atoms with van der Waals surface area (Å²) in [6.45, 7) is 3.14. The Labute approximate surface area is 223 Å². The molecule has 4 amide bonds. The normalized spacial score (nSPS) is 13.9. The van der Waals surface area contributed by atoms with Crippen molar-refractivity contribution in [2.24, 2.45) is 22.4 Å². The third kappa shape index (κ3) is 11.1. The number of hydrogen-bond acceptors (Lipinski definition) is 7. The van der Waals surface area contributed by atoms with Crippen LogP contribution in [0.3, 0.4) is 0 Å². The number of hydrogen-bond donors (Lipinski definition) is 8. The van der Waals surface area contributed by atoms with Gasteiger partial charge in [0, 0.05) is 20.0 Å². The second kappa shape index (κ2) is 16.9. The molecule has 10 N–H and O–H groups in total. The number of likely N-dealkylation sites (N-methyl/N-ethyl adjacent to an activating group) is 2. The van der Waals surface area contributed by atoms with Crippen LogP contribution in [0.4, 0.5) is 0 Å². The minimum Gasteiger partial charge on any atom is -0.394 e. The van der Waals surface area contributed by atoms with Crippen LogP contribution in [0.1, 0.15) is 32.3 Å². The monoisotopic (exact) mass is 534 g/mol. The van der Waals surface area contributed by atoms with E-state index in [1.54, 1.807) is 20.9 Å². The van der Waals surface area contributed by atoms with Gasteiger partial charge in [0.2, 0.25) is 23.6 Å².